The highest BCUT2D eigenvalue weighted by atomic mass is 19.4. The molecule has 13 heteroatoms. The Bertz CT molecular complexity index is 1100. The number of carbonyl (C=O) groups is 1. The number of aromatic nitrogens is 5. The Kier molecular flexibility index (Phi) is 9.68. The number of pyridine rings is 1. The molecule has 2 N–H and O–H groups in total. The summed E-state index contributed by atoms with van der Waals surface area (Å²) >= 11 is 0. The lowest BCUT2D eigenvalue weighted by Gasteiger charge is -2.26. The Balaban J connectivity index is 0.000000479. The third-order valence-electron chi connectivity index (χ3n) is 6.40. The minimum absolute atomic E-state index is 0.0985. The minimum Gasteiger partial charge on any atom is -0.475 e. The molecule has 0 spiro atoms. The van der Waals surface area contributed by atoms with E-state index in [1.165, 1.54) is 19.3 Å². The molecule has 2 aromatic rings. The van der Waals surface area contributed by atoms with E-state index in [0.29, 0.717) is 12.5 Å². The average molecular weight is 521 g/mol. The van der Waals surface area contributed by atoms with Gasteiger partial charge in [-0.3, -0.25) is 4.98 Å². The summed E-state index contributed by atoms with van der Waals surface area (Å²) in [5.74, 6) is 0.806. The number of carboxylic acids is 1. The van der Waals surface area contributed by atoms with Gasteiger partial charge in [-0.15, -0.1) is 17.4 Å². The number of alkyl halides is 3. The maximum absolute atomic E-state index is 10.6. The molecule has 0 amide bonds. The van der Waals surface area contributed by atoms with E-state index >= 15 is 0 Å². The lowest BCUT2D eigenvalue weighted by atomic mass is 9.95. The first-order valence-corrected chi connectivity index (χ1v) is 12.3. The Morgan fingerprint density at radius 2 is 2.00 bits per heavy atom. The topological polar surface area (TPSA) is 131 Å². The molecule has 2 aliphatic rings. The average Bonchev–Trinajstić information content (AvgIpc) is 3.50. The first kappa shape index (κ1) is 28.2. The van der Waals surface area contributed by atoms with Gasteiger partial charge in [-0.25, -0.2) is 9.48 Å². The third-order valence-corrected chi connectivity index (χ3v) is 6.40. The van der Waals surface area contributed by atoms with Crippen LogP contribution < -0.4 is 5.32 Å². The second-order valence-corrected chi connectivity index (χ2v) is 9.03. The van der Waals surface area contributed by atoms with E-state index in [-0.39, 0.29) is 11.7 Å². The van der Waals surface area contributed by atoms with Gasteiger partial charge < -0.3 is 10.4 Å². The molecule has 1 atom stereocenters. The van der Waals surface area contributed by atoms with E-state index in [4.69, 9.17) is 16.3 Å². The summed E-state index contributed by atoms with van der Waals surface area (Å²) in [7, 11) is 0. The second kappa shape index (κ2) is 12.7. The number of hydrogen-bond donors (Lipinski definition) is 2. The maximum atomic E-state index is 10.6. The van der Waals surface area contributed by atoms with E-state index in [1.54, 1.807) is 0 Å². The monoisotopic (exact) mass is 520 g/mol. The quantitative estimate of drug-likeness (QED) is 0.444. The molecule has 200 valence electrons. The number of terminal acetylenes is 1. The van der Waals surface area contributed by atoms with Crippen molar-refractivity contribution >= 4 is 5.97 Å². The zero-order chi connectivity index (χ0) is 26.9. The second-order valence-electron chi connectivity index (χ2n) is 9.03. The van der Waals surface area contributed by atoms with Crippen molar-refractivity contribution in [3.05, 3.63) is 35.4 Å². The highest BCUT2D eigenvalue weighted by molar-refractivity contribution is 5.73. The van der Waals surface area contributed by atoms with Crippen LogP contribution in [0.5, 0.6) is 0 Å². The number of aryl methyl sites for hydroxylation is 1. The highest BCUT2D eigenvalue weighted by Gasteiger charge is 2.39. The molecule has 2 aromatic heterocycles. The summed E-state index contributed by atoms with van der Waals surface area (Å²) < 4.78 is 33.8. The number of carboxylic acid groups (broad SMARTS) is 1. The molecule has 3 heterocycles. The summed E-state index contributed by atoms with van der Waals surface area (Å²) in [6.45, 7) is 2.87. The molecule has 1 aliphatic heterocycles. The molecule has 37 heavy (non-hydrogen) atoms. The van der Waals surface area contributed by atoms with Crippen molar-refractivity contribution in [3.63, 3.8) is 0 Å². The number of nitrogens with zero attached hydrogens (tertiary/aromatic N) is 7. The highest BCUT2D eigenvalue weighted by Crippen LogP contribution is 2.36. The molecule has 0 radical (unpaired) electrons. The number of nitrogens with one attached hydrogen (secondary N) is 1. The predicted molar refractivity (Wildman–Crippen MR) is 127 cm³/mol. The normalized spacial score (nSPS) is 17.4. The van der Waals surface area contributed by atoms with Crippen molar-refractivity contribution in [2.75, 3.05) is 6.54 Å². The molecule has 1 unspecified atom stereocenters. The fraction of sp³-hybridized carbons (Fsp3) is 0.625. The first-order valence-electron chi connectivity index (χ1n) is 12.3. The van der Waals surface area contributed by atoms with Gasteiger partial charge in [0, 0.05) is 37.7 Å². The summed E-state index contributed by atoms with van der Waals surface area (Å²) in [5.41, 5.74) is 1.90. The number of rotatable bonds is 10. The Hall–Kier alpha value is -3.40. The van der Waals surface area contributed by atoms with Crippen LogP contribution in [-0.4, -0.2) is 54.7 Å². The lowest BCUT2D eigenvalue weighted by molar-refractivity contribution is -0.192. The molecule has 10 nitrogen and oxygen atoms in total. The van der Waals surface area contributed by atoms with Gasteiger partial charge in [0.05, 0.1) is 12.1 Å². The number of aliphatic carboxylic acids is 1. The van der Waals surface area contributed by atoms with Crippen LogP contribution in [0, 0.1) is 12.3 Å². The minimum atomic E-state index is -5.08. The van der Waals surface area contributed by atoms with E-state index in [2.05, 4.69) is 61.0 Å². The number of tetrazole rings is 1. The van der Waals surface area contributed by atoms with Gasteiger partial charge in [-0.05, 0) is 47.4 Å². The van der Waals surface area contributed by atoms with Crippen molar-refractivity contribution in [2.24, 2.45) is 10.2 Å². The van der Waals surface area contributed by atoms with E-state index < -0.39 is 12.1 Å². The van der Waals surface area contributed by atoms with E-state index in [9.17, 15) is 13.2 Å². The molecule has 4 rings (SSSR count). The lowest BCUT2D eigenvalue weighted by Crippen LogP contribution is -2.31. The molecule has 0 saturated heterocycles. The number of halogens is 3. The standard InChI is InChI=1S/C22H30N8.C2HF3O2/c1-3-5-12-22(26-27-22)13-15-24-20(17-11-14-23-18(4-2)16-17)21-25-28-29-30(21)19-9-7-6-8-10-19;3-2(4,5)1(6)7/h1,11,14,16,19-20,24H,4-10,12-13,15H2,2H3;(H,6,7). The van der Waals surface area contributed by atoms with Crippen molar-refractivity contribution in [1.82, 2.24) is 30.5 Å². The van der Waals surface area contributed by atoms with Crippen LogP contribution in [0.25, 0.3) is 0 Å². The number of hydrogen-bond acceptors (Lipinski definition) is 8. The molecular weight excluding hydrogens is 489 g/mol. The van der Waals surface area contributed by atoms with Gasteiger partial charge >= 0.3 is 12.1 Å². The van der Waals surface area contributed by atoms with Gasteiger partial charge in [0.15, 0.2) is 11.5 Å². The predicted octanol–water partition coefficient (Wildman–Crippen LogP) is 4.41. The summed E-state index contributed by atoms with van der Waals surface area (Å²) in [6.07, 6.45) is 11.5. The van der Waals surface area contributed by atoms with Crippen LogP contribution in [0.3, 0.4) is 0 Å². The fourth-order valence-corrected chi connectivity index (χ4v) is 4.29. The van der Waals surface area contributed by atoms with Crippen LogP contribution in [0.1, 0.15) is 87.5 Å². The molecule has 0 bridgehead atoms. The zero-order valence-corrected chi connectivity index (χ0v) is 20.7. The molecule has 1 aliphatic carbocycles. The first-order chi connectivity index (χ1) is 17.7. The van der Waals surface area contributed by atoms with Crippen LogP contribution in [-0.2, 0) is 11.2 Å². The van der Waals surface area contributed by atoms with Gasteiger partial charge in [0.1, 0.15) is 0 Å². The van der Waals surface area contributed by atoms with Crippen molar-refractivity contribution in [2.45, 2.75) is 88.6 Å². The largest absolute Gasteiger partial charge is 0.490 e. The van der Waals surface area contributed by atoms with Crippen molar-refractivity contribution < 1.29 is 23.1 Å². The van der Waals surface area contributed by atoms with Crippen LogP contribution in [0.15, 0.2) is 28.6 Å². The molecule has 0 aromatic carbocycles. The van der Waals surface area contributed by atoms with E-state index in [0.717, 1.165) is 55.7 Å². The van der Waals surface area contributed by atoms with Crippen molar-refractivity contribution in [3.8, 4) is 12.3 Å². The maximum Gasteiger partial charge on any atom is 0.490 e. The van der Waals surface area contributed by atoms with Gasteiger partial charge in [-0.2, -0.15) is 23.4 Å². The van der Waals surface area contributed by atoms with Crippen LogP contribution in [0.2, 0.25) is 0 Å². The Labute approximate surface area is 213 Å². The van der Waals surface area contributed by atoms with E-state index in [1.807, 2.05) is 10.9 Å². The molecule has 1 fully saturated rings. The Morgan fingerprint density at radius 1 is 1.30 bits per heavy atom. The summed E-state index contributed by atoms with van der Waals surface area (Å²) in [5, 5.41) is 32.2. The molecule has 1 saturated carbocycles. The smallest absolute Gasteiger partial charge is 0.475 e. The zero-order valence-electron chi connectivity index (χ0n) is 20.7. The van der Waals surface area contributed by atoms with Gasteiger partial charge in [0.25, 0.3) is 0 Å². The summed E-state index contributed by atoms with van der Waals surface area (Å²) in [4.78, 5) is 13.4. The summed E-state index contributed by atoms with van der Waals surface area (Å²) in [6, 6.07) is 4.48. The Morgan fingerprint density at radius 3 is 2.59 bits per heavy atom. The van der Waals surface area contributed by atoms with Gasteiger partial charge in [-0.1, -0.05) is 26.2 Å². The van der Waals surface area contributed by atoms with Crippen LogP contribution >= 0.6 is 0 Å². The van der Waals surface area contributed by atoms with Crippen LogP contribution in [0.4, 0.5) is 13.2 Å². The molecular formula is C24H31F3N8O2. The van der Waals surface area contributed by atoms with Crippen molar-refractivity contribution in [1.29, 1.82) is 0 Å². The third kappa shape index (κ3) is 8.04. The van der Waals surface area contributed by atoms with Gasteiger partial charge in [0.2, 0.25) is 0 Å². The SMILES string of the molecule is C#CCCC1(CCNC(c2ccnc(CC)c2)c2nnnn2C2CCCCC2)N=N1.O=C(O)C(F)(F)F. The fourth-order valence-electron chi connectivity index (χ4n) is 4.29.